The number of hydrazine groups is 1. The van der Waals surface area contributed by atoms with Crippen molar-refractivity contribution in [2.75, 3.05) is 0 Å². The molecule has 0 radical (unpaired) electrons. The highest BCUT2D eigenvalue weighted by molar-refractivity contribution is 6.06. The molecule has 17 heavy (non-hydrogen) atoms. The molecule has 0 bridgehead atoms. The summed E-state index contributed by atoms with van der Waals surface area (Å²) in [6.45, 7) is 0. The van der Waals surface area contributed by atoms with E-state index >= 15 is 0 Å². The van der Waals surface area contributed by atoms with E-state index in [0.717, 1.165) is 12.0 Å². The third-order valence-corrected chi connectivity index (χ3v) is 3.62. The van der Waals surface area contributed by atoms with Crippen molar-refractivity contribution in [3.8, 4) is 0 Å². The number of amides is 3. The monoisotopic (exact) mass is 231 g/mol. The normalized spacial score (nSPS) is 27.2. The Morgan fingerprint density at radius 1 is 1.24 bits per heavy atom. The summed E-state index contributed by atoms with van der Waals surface area (Å²) < 4.78 is 0. The molecule has 5 heteroatoms. The number of imide groups is 1. The third kappa shape index (κ3) is 1.36. The van der Waals surface area contributed by atoms with Gasteiger partial charge in [0.05, 0.1) is 0 Å². The average molecular weight is 231 g/mol. The Kier molecular flexibility index (Phi) is 2.00. The predicted molar refractivity (Wildman–Crippen MR) is 60.8 cm³/mol. The van der Waals surface area contributed by atoms with Crippen LogP contribution >= 0.6 is 0 Å². The number of aryl methyl sites for hydroxylation is 1. The second-order valence-electron chi connectivity index (χ2n) is 4.63. The van der Waals surface area contributed by atoms with Crippen LogP contribution in [0.15, 0.2) is 24.3 Å². The van der Waals surface area contributed by atoms with Crippen LogP contribution < -0.4 is 11.2 Å². The molecule has 0 unspecified atom stereocenters. The first-order chi connectivity index (χ1) is 8.12. The van der Waals surface area contributed by atoms with Crippen molar-refractivity contribution in [1.82, 2.24) is 10.3 Å². The Labute approximate surface area is 98.6 Å². The third-order valence-electron chi connectivity index (χ3n) is 3.62. The molecule has 1 aromatic rings. The van der Waals surface area contributed by atoms with Gasteiger partial charge in [0.1, 0.15) is 5.54 Å². The first kappa shape index (κ1) is 10.3. The zero-order chi connectivity index (χ0) is 12.0. The van der Waals surface area contributed by atoms with E-state index in [0.29, 0.717) is 17.9 Å². The van der Waals surface area contributed by atoms with Gasteiger partial charge in [-0.1, -0.05) is 24.3 Å². The molecule has 0 saturated carbocycles. The Balaban J connectivity index is 1.99. The number of fused-ring (bicyclic) bond motifs is 1. The molecule has 1 spiro atoms. The van der Waals surface area contributed by atoms with Gasteiger partial charge in [-0.2, -0.15) is 5.01 Å². The molecule has 88 valence electrons. The molecule has 3 amide bonds. The fourth-order valence-corrected chi connectivity index (χ4v) is 2.67. The van der Waals surface area contributed by atoms with E-state index < -0.39 is 11.6 Å². The molecular weight excluding hydrogens is 218 g/mol. The van der Waals surface area contributed by atoms with Crippen LogP contribution in [0.25, 0.3) is 0 Å². The summed E-state index contributed by atoms with van der Waals surface area (Å²) in [6.07, 6.45) is 1.93. The van der Waals surface area contributed by atoms with Crippen molar-refractivity contribution in [3.63, 3.8) is 0 Å². The van der Waals surface area contributed by atoms with Crippen LogP contribution in [0, 0.1) is 0 Å². The number of hydrogen-bond acceptors (Lipinski definition) is 3. The number of carbonyl (C=O) groups excluding carboxylic acids is 2. The first-order valence-corrected chi connectivity index (χ1v) is 5.61. The van der Waals surface area contributed by atoms with Crippen molar-refractivity contribution in [1.29, 1.82) is 0 Å². The first-order valence-electron chi connectivity index (χ1n) is 5.61. The average Bonchev–Trinajstić information content (AvgIpc) is 2.54. The number of urea groups is 1. The van der Waals surface area contributed by atoms with Crippen LogP contribution in [0.5, 0.6) is 0 Å². The highest BCUT2D eigenvalue weighted by Gasteiger charge is 2.51. The number of nitrogens with zero attached hydrogens (tertiary/aromatic N) is 1. The smallest absolute Gasteiger partial charge is 0.322 e. The van der Waals surface area contributed by atoms with Gasteiger partial charge in [-0.05, 0) is 24.0 Å². The summed E-state index contributed by atoms with van der Waals surface area (Å²) in [5, 5.41) is 3.41. The molecule has 3 N–H and O–H groups in total. The maximum Gasteiger partial charge on any atom is 0.339 e. The van der Waals surface area contributed by atoms with E-state index in [4.69, 9.17) is 5.84 Å². The maximum absolute atomic E-state index is 12.0. The largest absolute Gasteiger partial charge is 0.339 e. The lowest BCUT2D eigenvalue weighted by atomic mass is 9.78. The number of nitrogens with one attached hydrogen (secondary N) is 1. The standard InChI is InChI=1S/C12H13N3O2/c13-15-10(16)12(14-11(15)17)6-5-8-3-1-2-4-9(8)7-12/h1-4H,5-7,13H2,(H,14,17)/t12-/m1/s1. The van der Waals surface area contributed by atoms with Crippen molar-refractivity contribution in [2.24, 2.45) is 5.84 Å². The van der Waals surface area contributed by atoms with Gasteiger partial charge in [0.2, 0.25) is 0 Å². The van der Waals surface area contributed by atoms with Crippen molar-refractivity contribution in [3.05, 3.63) is 35.4 Å². The van der Waals surface area contributed by atoms with Gasteiger partial charge >= 0.3 is 6.03 Å². The van der Waals surface area contributed by atoms with Gasteiger partial charge < -0.3 is 5.32 Å². The van der Waals surface area contributed by atoms with Crippen molar-refractivity contribution in [2.45, 2.75) is 24.8 Å². The van der Waals surface area contributed by atoms with E-state index in [1.54, 1.807) is 0 Å². The Morgan fingerprint density at radius 2 is 1.94 bits per heavy atom. The van der Waals surface area contributed by atoms with E-state index in [9.17, 15) is 9.59 Å². The maximum atomic E-state index is 12.0. The van der Waals surface area contributed by atoms with Gasteiger partial charge in [0.25, 0.3) is 5.91 Å². The SMILES string of the molecule is NN1C(=O)N[C@@]2(CCc3ccccc3C2)C1=O. The molecule has 1 saturated heterocycles. The lowest BCUT2D eigenvalue weighted by molar-refractivity contribution is -0.131. The van der Waals surface area contributed by atoms with Crippen molar-refractivity contribution >= 4 is 11.9 Å². The molecule has 1 aliphatic carbocycles. The quantitative estimate of drug-likeness (QED) is 0.384. The predicted octanol–water partition coefficient (Wildman–Crippen LogP) is 0.340. The summed E-state index contributed by atoms with van der Waals surface area (Å²) in [5.74, 6) is 5.10. The molecule has 1 aromatic carbocycles. The van der Waals surface area contributed by atoms with Crippen LogP contribution in [0.2, 0.25) is 0 Å². The highest BCUT2D eigenvalue weighted by Crippen LogP contribution is 2.32. The van der Waals surface area contributed by atoms with Gasteiger partial charge in [-0.15, -0.1) is 0 Å². The molecule has 0 aromatic heterocycles. The highest BCUT2D eigenvalue weighted by atomic mass is 16.2. The molecule has 5 nitrogen and oxygen atoms in total. The van der Waals surface area contributed by atoms with Gasteiger partial charge in [-0.25, -0.2) is 10.6 Å². The summed E-state index contributed by atoms with van der Waals surface area (Å²) in [5.41, 5.74) is 1.54. The Bertz CT molecular complexity index is 514. The second kappa shape index (κ2) is 3.30. The summed E-state index contributed by atoms with van der Waals surface area (Å²) in [6, 6.07) is 7.48. The number of carbonyl (C=O) groups is 2. The molecule has 1 atom stereocenters. The molecule has 3 rings (SSSR count). The topological polar surface area (TPSA) is 75.4 Å². The van der Waals surface area contributed by atoms with Crippen LogP contribution in [-0.2, 0) is 17.6 Å². The van der Waals surface area contributed by atoms with E-state index in [-0.39, 0.29) is 5.91 Å². The van der Waals surface area contributed by atoms with E-state index in [2.05, 4.69) is 11.4 Å². The zero-order valence-electron chi connectivity index (χ0n) is 9.27. The van der Waals surface area contributed by atoms with Crippen LogP contribution in [0.1, 0.15) is 17.5 Å². The lowest BCUT2D eigenvalue weighted by Gasteiger charge is -2.31. The lowest BCUT2D eigenvalue weighted by Crippen LogP contribution is -2.51. The minimum absolute atomic E-state index is 0.322. The Morgan fingerprint density at radius 3 is 2.59 bits per heavy atom. The molecule has 1 aliphatic heterocycles. The van der Waals surface area contributed by atoms with E-state index in [1.807, 2.05) is 18.2 Å². The van der Waals surface area contributed by atoms with Crippen molar-refractivity contribution < 1.29 is 9.59 Å². The Hall–Kier alpha value is -1.88. The van der Waals surface area contributed by atoms with Gasteiger partial charge in [0.15, 0.2) is 0 Å². The number of rotatable bonds is 0. The summed E-state index contributed by atoms with van der Waals surface area (Å²) >= 11 is 0. The fourth-order valence-electron chi connectivity index (χ4n) is 2.67. The van der Waals surface area contributed by atoms with E-state index in [1.165, 1.54) is 5.56 Å². The number of benzene rings is 1. The summed E-state index contributed by atoms with van der Waals surface area (Å²) in [7, 11) is 0. The molecular formula is C12H13N3O2. The molecule has 1 fully saturated rings. The minimum Gasteiger partial charge on any atom is -0.322 e. The number of nitrogens with two attached hydrogens (primary N) is 1. The molecule has 1 heterocycles. The van der Waals surface area contributed by atoms with Gasteiger partial charge in [0, 0.05) is 6.42 Å². The number of hydrogen-bond donors (Lipinski definition) is 2. The van der Waals surface area contributed by atoms with Crippen LogP contribution in [0.3, 0.4) is 0 Å². The second-order valence-corrected chi connectivity index (χ2v) is 4.63. The zero-order valence-corrected chi connectivity index (χ0v) is 9.27. The van der Waals surface area contributed by atoms with Gasteiger partial charge in [-0.3, -0.25) is 4.79 Å². The summed E-state index contributed by atoms with van der Waals surface area (Å²) in [4.78, 5) is 23.5. The molecule has 2 aliphatic rings. The van der Waals surface area contributed by atoms with Crippen LogP contribution in [0.4, 0.5) is 4.79 Å². The minimum atomic E-state index is -0.819. The van der Waals surface area contributed by atoms with Crippen LogP contribution in [-0.4, -0.2) is 22.5 Å². The fraction of sp³-hybridized carbons (Fsp3) is 0.333.